The number of benzene rings is 1. The smallest absolute Gasteiger partial charge is 0.338 e. The molecule has 0 aliphatic carbocycles. The van der Waals surface area contributed by atoms with E-state index in [0.717, 1.165) is 24.2 Å². The quantitative estimate of drug-likeness (QED) is 0.484. The summed E-state index contributed by atoms with van der Waals surface area (Å²) in [7, 11) is -3.72. The first-order valence-corrected chi connectivity index (χ1v) is 15.0. The molecule has 0 radical (unpaired) electrons. The zero-order valence-electron chi connectivity index (χ0n) is 22.7. The number of aromatic nitrogens is 2. The molecule has 4 rings (SSSR count). The van der Waals surface area contributed by atoms with Crippen LogP contribution in [0.2, 0.25) is 0 Å². The number of aryl methyl sites for hydroxylation is 1. The second-order valence-electron chi connectivity index (χ2n) is 9.88. The van der Waals surface area contributed by atoms with E-state index >= 15 is 0 Å². The molecular formula is C27H38N4O7S. The van der Waals surface area contributed by atoms with Gasteiger partial charge in [-0.05, 0) is 43.9 Å². The number of carbonyl (C=O) groups is 2. The van der Waals surface area contributed by atoms with Crippen LogP contribution in [0, 0.1) is 5.92 Å². The molecule has 12 heteroatoms. The number of hydrogen-bond donors (Lipinski definition) is 1. The molecule has 0 bridgehead atoms. The highest BCUT2D eigenvalue weighted by Gasteiger charge is 2.27. The third kappa shape index (κ3) is 7.24. The number of nitrogens with zero attached hydrogens (tertiary/aromatic N) is 3. The third-order valence-electron chi connectivity index (χ3n) is 6.81. The van der Waals surface area contributed by atoms with Gasteiger partial charge in [-0.25, -0.2) is 13.2 Å². The van der Waals surface area contributed by atoms with Crippen LogP contribution < -0.4 is 5.32 Å². The number of esters is 1. The molecule has 11 nitrogen and oxygen atoms in total. The predicted octanol–water partition coefficient (Wildman–Crippen LogP) is 2.04. The molecule has 1 amide bonds. The van der Waals surface area contributed by atoms with Gasteiger partial charge in [0.1, 0.15) is 0 Å². The predicted molar refractivity (Wildman–Crippen MR) is 143 cm³/mol. The van der Waals surface area contributed by atoms with Gasteiger partial charge in [0.15, 0.2) is 0 Å². The van der Waals surface area contributed by atoms with Gasteiger partial charge in [-0.15, -0.1) is 0 Å². The molecule has 1 aromatic carbocycles. The van der Waals surface area contributed by atoms with Gasteiger partial charge in [-0.2, -0.15) is 9.40 Å². The lowest BCUT2D eigenvalue weighted by atomic mass is 10.1. The Hall–Kier alpha value is -2.80. The molecule has 0 saturated carbocycles. The first-order chi connectivity index (χ1) is 18.8. The summed E-state index contributed by atoms with van der Waals surface area (Å²) in [5.41, 5.74) is 2.44. The van der Waals surface area contributed by atoms with Gasteiger partial charge in [0.25, 0.3) is 5.91 Å². The summed E-state index contributed by atoms with van der Waals surface area (Å²) in [5.74, 6) is -0.798. The van der Waals surface area contributed by atoms with Crippen LogP contribution in [0.25, 0.3) is 0 Å². The van der Waals surface area contributed by atoms with E-state index in [1.807, 2.05) is 18.5 Å². The molecule has 3 heterocycles. The van der Waals surface area contributed by atoms with Crippen molar-refractivity contribution in [2.45, 2.75) is 51.0 Å². The van der Waals surface area contributed by atoms with Crippen molar-refractivity contribution in [1.82, 2.24) is 19.4 Å². The van der Waals surface area contributed by atoms with E-state index in [-0.39, 0.29) is 42.0 Å². The van der Waals surface area contributed by atoms with Gasteiger partial charge in [0.2, 0.25) is 10.0 Å². The summed E-state index contributed by atoms with van der Waals surface area (Å²) >= 11 is 0. The Balaban J connectivity index is 1.42. The summed E-state index contributed by atoms with van der Waals surface area (Å²) in [5, 5.41) is 7.71. The second kappa shape index (κ2) is 13.5. The Bertz CT molecular complexity index is 1250. The summed E-state index contributed by atoms with van der Waals surface area (Å²) in [6, 6.07) is 5.93. The van der Waals surface area contributed by atoms with Gasteiger partial charge >= 0.3 is 5.97 Å². The van der Waals surface area contributed by atoms with Gasteiger partial charge in [0.05, 0.1) is 47.2 Å². The molecule has 2 aliphatic rings. The van der Waals surface area contributed by atoms with Crippen molar-refractivity contribution in [3.63, 3.8) is 0 Å². The van der Waals surface area contributed by atoms with Gasteiger partial charge in [-0.3, -0.25) is 9.48 Å². The summed E-state index contributed by atoms with van der Waals surface area (Å²) in [4.78, 5) is 25.8. The van der Waals surface area contributed by atoms with Crippen molar-refractivity contribution in [3.8, 4) is 0 Å². The van der Waals surface area contributed by atoms with Crippen molar-refractivity contribution in [1.29, 1.82) is 0 Å². The van der Waals surface area contributed by atoms with E-state index in [1.54, 1.807) is 12.1 Å². The summed E-state index contributed by atoms with van der Waals surface area (Å²) in [6.07, 6.45) is 2.84. The third-order valence-corrected chi connectivity index (χ3v) is 8.70. The van der Waals surface area contributed by atoms with Gasteiger partial charge < -0.3 is 19.5 Å². The van der Waals surface area contributed by atoms with Crippen LogP contribution in [0.1, 0.15) is 58.8 Å². The monoisotopic (exact) mass is 562 g/mol. The number of amides is 1. The van der Waals surface area contributed by atoms with Crippen molar-refractivity contribution in [2.24, 2.45) is 5.92 Å². The number of rotatable bonds is 8. The number of carbonyl (C=O) groups excluding carboxylic acids is 2. The molecule has 1 fully saturated rings. The molecule has 1 N–H and O–H groups in total. The molecular weight excluding hydrogens is 524 g/mol. The highest BCUT2D eigenvalue weighted by atomic mass is 32.2. The Morgan fingerprint density at radius 3 is 2.67 bits per heavy atom. The number of ether oxygens (including phenoxy) is 3. The fraction of sp³-hybridized carbons (Fsp3) is 0.593. The molecule has 0 spiro atoms. The summed E-state index contributed by atoms with van der Waals surface area (Å²) in [6.45, 7) is 7.54. The number of fused-ring (bicyclic) bond motifs is 1. The molecule has 0 unspecified atom stereocenters. The fourth-order valence-corrected chi connectivity index (χ4v) is 6.20. The molecule has 2 aliphatic heterocycles. The lowest BCUT2D eigenvalue weighted by molar-refractivity contribution is 0.0435. The summed E-state index contributed by atoms with van der Waals surface area (Å²) < 4.78 is 45.6. The van der Waals surface area contributed by atoms with Crippen molar-refractivity contribution < 1.29 is 32.2 Å². The average molecular weight is 563 g/mol. The van der Waals surface area contributed by atoms with E-state index in [0.29, 0.717) is 57.9 Å². The molecule has 2 aromatic rings. The molecule has 1 atom stereocenters. The van der Waals surface area contributed by atoms with E-state index in [9.17, 15) is 18.0 Å². The maximum Gasteiger partial charge on any atom is 0.338 e. The van der Waals surface area contributed by atoms with Crippen LogP contribution >= 0.6 is 0 Å². The van der Waals surface area contributed by atoms with Crippen LogP contribution in [-0.2, 0) is 43.6 Å². The van der Waals surface area contributed by atoms with Crippen molar-refractivity contribution in [2.75, 3.05) is 52.7 Å². The highest BCUT2D eigenvalue weighted by Crippen LogP contribution is 2.21. The van der Waals surface area contributed by atoms with Crippen LogP contribution in [0.15, 0.2) is 29.2 Å². The number of nitrogens with one attached hydrogen (secondary N) is 1. The largest absolute Gasteiger partial charge is 0.462 e. The van der Waals surface area contributed by atoms with Crippen LogP contribution in [0.4, 0.5) is 0 Å². The molecule has 1 aromatic heterocycles. The average Bonchev–Trinajstić information content (AvgIpc) is 3.28. The first kappa shape index (κ1) is 29.2. The number of sulfonamides is 1. The first-order valence-electron chi connectivity index (χ1n) is 13.6. The minimum absolute atomic E-state index is 0.0546. The fourth-order valence-electron chi connectivity index (χ4n) is 4.74. The number of morpholine rings is 1. The maximum atomic E-state index is 13.0. The minimum atomic E-state index is -3.72. The van der Waals surface area contributed by atoms with Crippen molar-refractivity contribution in [3.05, 3.63) is 46.8 Å². The SMILES string of the molecule is CCc1nn(C[C@@H](C)COC(=O)c2cccc(S(=O)(=O)N3CCOCC3)c2)c2c1C(=O)NCCCOCCC2. The zero-order chi connectivity index (χ0) is 27.8. The minimum Gasteiger partial charge on any atom is -0.462 e. The molecule has 39 heavy (non-hydrogen) atoms. The normalized spacial score (nSPS) is 18.5. The second-order valence-corrected chi connectivity index (χ2v) is 11.8. The molecule has 1 saturated heterocycles. The lowest BCUT2D eigenvalue weighted by Crippen LogP contribution is -2.40. The van der Waals surface area contributed by atoms with Crippen LogP contribution in [0.5, 0.6) is 0 Å². The highest BCUT2D eigenvalue weighted by molar-refractivity contribution is 7.89. The Kier molecular flexibility index (Phi) is 10.1. The van der Waals surface area contributed by atoms with Crippen molar-refractivity contribution >= 4 is 21.9 Å². The standard InChI is InChI=1S/C27H38N4O7S/c1-3-23-25-24(9-5-13-36-14-6-10-28-26(25)32)31(29-23)18-20(2)19-38-27(33)21-7-4-8-22(17-21)39(34,35)30-11-15-37-16-12-30/h4,7-8,17,20H,3,5-6,9-16,18-19H2,1-2H3,(H,28,32)/t20-/m1/s1. The topological polar surface area (TPSA) is 129 Å². The van der Waals surface area contributed by atoms with Crippen LogP contribution in [-0.4, -0.2) is 87.0 Å². The Morgan fingerprint density at radius 2 is 1.90 bits per heavy atom. The van der Waals surface area contributed by atoms with E-state index < -0.39 is 16.0 Å². The van der Waals surface area contributed by atoms with E-state index in [4.69, 9.17) is 19.3 Å². The number of hydrogen-bond acceptors (Lipinski definition) is 8. The van der Waals surface area contributed by atoms with E-state index in [1.165, 1.54) is 16.4 Å². The van der Waals surface area contributed by atoms with Gasteiger partial charge in [0, 0.05) is 45.3 Å². The van der Waals surface area contributed by atoms with Crippen LogP contribution in [0.3, 0.4) is 0 Å². The maximum absolute atomic E-state index is 13.0. The zero-order valence-corrected chi connectivity index (χ0v) is 23.5. The lowest BCUT2D eigenvalue weighted by Gasteiger charge is -2.26. The Labute approximate surface area is 229 Å². The van der Waals surface area contributed by atoms with E-state index in [2.05, 4.69) is 5.32 Å². The molecule has 214 valence electrons. The van der Waals surface area contributed by atoms with Gasteiger partial charge in [-0.1, -0.05) is 19.9 Å². The Morgan fingerprint density at radius 1 is 1.15 bits per heavy atom.